The van der Waals surface area contributed by atoms with Gasteiger partial charge in [-0.25, -0.2) is 8.42 Å². The highest BCUT2D eigenvalue weighted by Gasteiger charge is 2.25. The number of benzene rings is 2. The molecule has 0 spiro atoms. The average Bonchev–Trinajstić information content (AvgIpc) is 2.51. The summed E-state index contributed by atoms with van der Waals surface area (Å²) in [6.45, 7) is 0.0632. The molecule has 0 unspecified atom stereocenters. The predicted molar refractivity (Wildman–Crippen MR) is 97.0 cm³/mol. The zero-order valence-electron chi connectivity index (χ0n) is 12.5. The van der Waals surface area contributed by atoms with Crippen LogP contribution in [0, 0.1) is 0 Å². The highest BCUT2D eigenvalue weighted by molar-refractivity contribution is 9.10. The van der Waals surface area contributed by atoms with E-state index in [1.165, 1.54) is 28.6 Å². The Labute approximate surface area is 154 Å². The van der Waals surface area contributed by atoms with Crippen molar-refractivity contribution in [2.75, 3.05) is 10.8 Å². The fourth-order valence-corrected chi connectivity index (χ4v) is 4.14. The Morgan fingerprint density at radius 2 is 1.83 bits per heavy atom. The molecule has 2 aromatic carbocycles. The van der Waals surface area contributed by atoms with Crippen LogP contribution in [0.5, 0.6) is 0 Å². The van der Waals surface area contributed by atoms with Gasteiger partial charge in [-0.3, -0.25) is 9.10 Å². The van der Waals surface area contributed by atoms with Crippen LogP contribution in [0.2, 0.25) is 5.02 Å². The van der Waals surface area contributed by atoms with Crippen molar-refractivity contribution in [2.45, 2.75) is 17.7 Å². The van der Waals surface area contributed by atoms with E-state index in [0.717, 1.165) is 4.47 Å². The lowest BCUT2D eigenvalue weighted by atomic mass is 10.3. The third-order valence-corrected chi connectivity index (χ3v) is 5.84. The van der Waals surface area contributed by atoms with Crippen LogP contribution in [0.4, 0.5) is 5.69 Å². The molecule has 2 aromatic rings. The number of carboxylic acid groups (broad SMARTS) is 1. The zero-order valence-corrected chi connectivity index (χ0v) is 15.7. The maximum atomic E-state index is 13.0. The molecule has 0 saturated carbocycles. The third-order valence-electron chi connectivity index (χ3n) is 3.25. The Morgan fingerprint density at radius 1 is 1.17 bits per heavy atom. The summed E-state index contributed by atoms with van der Waals surface area (Å²) in [5.41, 5.74) is 0.463. The van der Waals surface area contributed by atoms with Gasteiger partial charge in [0.25, 0.3) is 10.0 Å². The van der Waals surface area contributed by atoms with E-state index in [1.807, 2.05) is 0 Å². The number of carboxylic acids is 1. The van der Waals surface area contributed by atoms with E-state index in [9.17, 15) is 13.2 Å². The van der Waals surface area contributed by atoms with E-state index in [0.29, 0.717) is 10.7 Å². The van der Waals surface area contributed by atoms with E-state index in [4.69, 9.17) is 16.7 Å². The monoisotopic (exact) mass is 431 g/mol. The van der Waals surface area contributed by atoms with Gasteiger partial charge in [0.05, 0.1) is 10.6 Å². The minimum Gasteiger partial charge on any atom is -0.481 e. The van der Waals surface area contributed by atoms with E-state index >= 15 is 0 Å². The molecule has 0 aliphatic heterocycles. The summed E-state index contributed by atoms with van der Waals surface area (Å²) in [5.74, 6) is -0.965. The smallest absolute Gasteiger partial charge is 0.303 e. The van der Waals surface area contributed by atoms with Crippen molar-refractivity contribution >= 4 is 49.2 Å². The van der Waals surface area contributed by atoms with Gasteiger partial charge >= 0.3 is 5.97 Å². The Hall–Kier alpha value is -1.57. The fourth-order valence-electron chi connectivity index (χ4n) is 2.13. The second-order valence-electron chi connectivity index (χ2n) is 5.01. The minimum absolute atomic E-state index is 0.0632. The average molecular weight is 433 g/mol. The summed E-state index contributed by atoms with van der Waals surface area (Å²) >= 11 is 9.14. The molecule has 0 atom stereocenters. The van der Waals surface area contributed by atoms with Crippen LogP contribution in [-0.4, -0.2) is 26.0 Å². The number of halogens is 2. The first-order valence-electron chi connectivity index (χ1n) is 7.06. The molecule has 1 N–H and O–H groups in total. The number of aliphatic carboxylic acids is 1. The molecule has 0 aliphatic rings. The first-order valence-corrected chi connectivity index (χ1v) is 9.67. The van der Waals surface area contributed by atoms with Crippen LogP contribution in [0.1, 0.15) is 12.8 Å². The van der Waals surface area contributed by atoms with Gasteiger partial charge in [0.15, 0.2) is 0 Å². The predicted octanol–water partition coefficient (Wildman–Crippen LogP) is 4.16. The standard InChI is InChI=1S/C16H15BrClNO4S/c17-12-3-1-4-14(11-12)19(10-2-5-16(20)21)24(22,23)15-8-6-13(18)7-9-15/h1,3-4,6-9,11H,2,5,10H2,(H,20,21). The molecule has 0 amide bonds. The molecule has 8 heteroatoms. The number of sulfonamides is 1. The molecule has 128 valence electrons. The second-order valence-corrected chi connectivity index (χ2v) is 8.22. The molecule has 24 heavy (non-hydrogen) atoms. The minimum atomic E-state index is -3.82. The van der Waals surface area contributed by atoms with Crippen molar-refractivity contribution in [3.8, 4) is 0 Å². The molecule has 0 fully saturated rings. The van der Waals surface area contributed by atoms with Crippen LogP contribution in [0.15, 0.2) is 57.9 Å². The maximum Gasteiger partial charge on any atom is 0.303 e. The van der Waals surface area contributed by atoms with Crippen molar-refractivity contribution in [2.24, 2.45) is 0 Å². The molecule has 2 rings (SSSR count). The van der Waals surface area contributed by atoms with E-state index in [1.54, 1.807) is 24.3 Å². The van der Waals surface area contributed by atoms with Crippen molar-refractivity contribution in [1.82, 2.24) is 0 Å². The quantitative estimate of drug-likeness (QED) is 0.713. The zero-order chi connectivity index (χ0) is 17.7. The molecule has 0 aliphatic carbocycles. The summed E-state index contributed by atoms with van der Waals surface area (Å²) in [5, 5.41) is 9.24. The molecule has 0 bridgehead atoms. The molecule has 0 saturated heterocycles. The second kappa shape index (κ2) is 8.00. The largest absolute Gasteiger partial charge is 0.481 e. The maximum absolute atomic E-state index is 13.0. The Balaban J connectivity index is 2.40. The molecular weight excluding hydrogens is 418 g/mol. The Kier molecular flexibility index (Phi) is 6.26. The first kappa shape index (κ1) is 18.8. The topological polar surface area (TPSA) is 74.7 Å². The normalized spacial score (nSPS) is 11.2. The molecule has 0 radical (unpaired) electrons. The van der Waals surface area contributed by atoms with Gasteiger partial charge in [-0.1, -0.05) is 33.6 Å². The van der Waals surface area contributed by atoms with Gasteiger partial charge in [-0.15, -0.1) is 0 Å². The first-order chi connectivity index (χ1) is 11.3. The summed E-state index contributed by atoms with van der Waals surface area (Å²) in [4.78, 5) is 10.8. The van der Waals surface area contributed by atoms with E-state index < -0.39 is 16.0 Å². The van der Waals surface area contributed by atoms with Crippen molar-refractivity contribution in [3.05, 3.63) is 58.0 Å². The van der Waals surface area contributed by atoms with Gasteiger partial charge in [-0.05, 0) is 48.9 Å². The van der Waals surface area contributed by atoms with Gasteiger partial charge in [0, 0.05) is 22.5 Å². The number of hydrogen-bond donors (Lipinski definition) is 1. The summed E-state index contributed by atoms with van der Waals surface area (Å²) < 4.78 is 27.8. The van der Waals surface area contributed by atoms with Crippen molar-refractivity contribution < 1.29 is 18.3 Å². The third kappa shape index (κ3) is 4.72. The number of carbonyl (C=O) groups is 1. The van der Waals surface area contributed by atoms with Crippen LogP contribution in [0.25, 0.3) is 0 Å². The lowest BCUT2D eigenvalue weighted by Gasteiger charge is -2.24. The van der Waals surface area contributed by atoms with Gasteiger partial charge in [-0.2, -0.15) is 0 Å². The number of rotatable bonds is 7. The highest BCUT2D eigenvalue weighted by Crippen LogP contribution is 2.27. The number of hydrogen-bond acceptors (Lipinski definition) is 3. The van der Waals surface area contributed by atoms with Crippen molar-refractivity contribution in [3.63, 3.8) is 0 Å². The van der Waals surface area contributed by atoms with E-state index in [2.05, 4.69) is 15.9 Å². The number of nitrogens with zero attached hydrogens (tertiary/aromatic N) is 1. The molecule has 5 nitrogen and oxygen atoms in total. The van der Waals surface area contributed by atoms with E-state index in [-0.39, 0.29) is 24.3 Å². The van der Waals surface area contributed by atoms with Crippen LogP contribution >= 0.6 is 27.5 Å². The molecule has 0 aromatic heterocycles. The Morgan fingerprint density at radius 3 is 2.42 bits per heavy atom. The van der Waals surface area contributed by atoms with Gasteiger partial charge in [0.2, 0.25) is 0 Å². The Bertz CT molecular complexity index is 824. The fraction of sp³-hybridized carbons (Fsp3) is 0.188. The lowest BCUT2D eigenvalue weighted by molar-refractivity contribution is -0.137. The van der Waals surface area contributed by atoms with Crippen LogP contribution < -0.4 is 4.31 Å². The van der Waals surface area contributed by atoms with Crippen molar-refractivity contribution in [1.29, 1.82) is 0 Å². The number of anilines is 1. The van der Waals surface area contributed by atoms with Crippen LogP contribution in [-0.2, 0) is 14.8 Å². The van der Waals surface area contributed by atoms with Gasteiger partial charge in [0.1, 0.15) is 0 Å². The summed E-state index contributed by atoms with van der Waals surface area (Å²) in [6.07, 6.45) is 0.0926. The molecular formula is C16H15BrClNO4S. The lowest BCUT2D eigenvalue weighted by Crippen LogP contribution is -2.32. The SMILES string of the molecule is O=C(O)CCCN(c1cccc(Br)c1)S(=O)(=O)c1ccc(Cl)cc1. The summed E-state index contributed by atoms with van der Waals surface area (Å²) in [6, 6.07) is 12.7. The van der Waals surface area contributed by atoms with Gasteiger partial charge < -0.3 is 5.11 Å². The molecule has 0 heterocycles. The van der Waals surface area contributed by atoms with Crippen LogP contribution in [0.3, 0.4) is 0 Å². The summed E-state index contributed by atoms with van der Waals surface area (Å²) in [7, 11) is -3.82. The highest BCUT2D eigenvalue weighted by atomic mass is 79.9.